The number of ether oxygens (including phenoxy) is 3. The number of halogens is 2. The van der Waals surface area contributed by atoms with E-state index >= 15 is 0 Å². The Morgan fingerprint density at radius 1 is 0.923 bits per heavy atom. The third-order valence-corrected chi connectivity index (χ3v) is 11.9. The van der Waals surface area contributed by atoms with Gasteiger partial charge in [-0.1, -0.05) is 35.3 Å². The van der Waals surface area contributed by atoms with Gasteiger partial charge >= 0.3 is 5.97 Å². The molecule has 2 amide bonds. The number of carboxylic acids is 1. The van der Waals surface area contributed by atoms with Crippen molar-refractivity contribution in [2.75, 3.05) is 60.6 Å². The minimum atomic E-state index is -0.936. The van der Waals surface area contributed by atoms with E-state index in [1.165, 1.54) is 21.3 Å². The van der Waals surface area contributed by atoms with E-state index in [4.69, 9.17) is 37.4 Å². The van der Waals surface area contributed by atoms with Gasteiger partial charge in [-0.15, -0.1) is 0 Å². The number of aliphatic carboxylic acids is 1. The number of hydrogen-bond donors (Lipinski definition) is 2. The highest BCUT2D eigenvalue weighted by Crippen LogP contribution is 2.43. The summed E-state index contributed by atoms with van der Waals surface area (Å²) in [5.41, 5.74) is 4.00. The second-order valence-electron chi connectivity index (χ2n) is 13.8. The van der Waals surface area contributed by atoms with Gasteiger partial charge in [0.05, 0.1) is 36.8 Å². The quantitative estimate of drug-likeness (QED) is 0.254. The summed E-state index contributed by atoms with van der Waals surface area (Å²) in [5, 5.41) is 12.2. The van der Waals surface area contributed by atoms with E-state index in [0.717, 1.165) is 30.5 Å². The molecule has 14 heteroatoms. The fourth-order valence-corrected chi connectivity index (χ4v) is 8.36. The molecule has 3 saturated heterocycles. The Bertz CT molecular complexity index is 1760. The topological polar surface area (TPSA) is 134 Å². The number of rotatable bonds is 12. The van der Waals surface area contributed by atoms with E-state index in [2.05, 4.69) is 15.3 Å². The second kappa shape index (κ2) is 15.9. The SMILES string of the molecule is COc1cc(C(=O)N2CCC(CCN3CCC(C(=O)NN4CCCC4C(=O)O)(c4cccnc4)CC3)(c3ccc(Cl)c(Cl)c3)C2)cc(OC)c1OC. The minimum absolute atomic E-state index is 0.144. The molecule has 52 heavy (non-hydrogen) atoms. The van der Waals surface area contributed by atoms with Gasteiger partial charge in [-0.25, -0.2) is 5.01 Å². The molecule has 0 spiro atoms. The summed E-state index contributed by atoms with van der Waals surface area (Å²) in [6.45, 7) is 3.52. The van der Waals surface area contributed by atoms with Gasteiger partial charge in [-0.3, -0.25) is 24.8 Å². The molecule has 0 radical (unpaired) electrons. The summed E-state index contributed by atoms with van der Waals surface area (Å²) >= 11 is 12.9. The number of carboxylic acid groups (broad SMARTS) is 1. The van der Waals surface area contributed by atoms with Gasteiger partial charge in [0.15, 0.2) is 11.5 Å². The summed E-state index contributed by atoms with van der Waals surface area (Å²) in [4.78, 5) is 48.5. The first-order valence-electron chi connectivity index (χ1n) is 17.5. The highest BCUT2D eigenvalue weighted by Gasteiger charge is 2.47. The highest BCUT2D eigenvalue weighted by atomic mass is 35.5. The Balaban J connectivity index is 1.20. The average Bonchev–Trinajstić information content (AvgIpc) is 3.83. The summed E-state index contributed by atoms with van der Waals surface area (Å²) in [5.74, 6) is -0.0477. The molecule has 2 atom stereocenters. The number of nitrogens with one attached hydrogen (secondary N) is 1. The van der Waals surface area contributed by atoms with Crippen LogP contribution < -0.4 is 19.6 Å². The molecule has 278 valence electrons. The van der Waals surface area contributed by atoms with Crippen molar-refractivity contribution in [2.24, 2.45) is 0 Å². The van der Waals surface area contributed by atoms with E-state index < -0.39 is 22.8 Å². The fourth-order valence-electron chi connectivity index (χ4n) is 8.06. The monoisotopic (exact) mass is 753 g/mol. The molecule has 3 fully saturated rings. The van der Waals surface area contributed by atoms with Gasteiger partial charge in [-0.05, 0) is 99.6 Å². The molecular formula is C38H45Cl2N5O7. The third kappa shape index (κ3) is 7.39. The average molecular weight is 755 g/mol. The number of pyridine rings is 1. The van der Waals surface area contributed by atoms with Crippen molar-refractivity contribution in [2.45, 2.75) is 55.4 Å². The summed E-state index contributed by atoms with van der Waals surface area (Å²) in [6.07, 6.45) is 7.17. The van der Waals surface area contributed by atoms with Crippen molar-refractivity contribution in [1.82, 2.24) is 25.2 Å². The standard InChI is InChI=1S/C38H45Cl2N5O7/c1-50-31-20-25(21-32(51-2)33(31)52-3)34(46)44-19-11-37(24-44,26-8-9-28(39)29(40)22-26)10-16-43-17-12-38(13-18-43,27-6-4-14-41-23-27)36(49)42-45-15-5-7-30(45)35(47)48/h4,6,8-9,14,20-23,30H,5,7,10-13,15-19,24H2,1-3H3,(H,42,49)(H,47,48). The molecule has 0 bridgehead atoms. The Morgan fingerprint density at radius 2 is 1.65 bits per heavy atom. The number of amides is 2. The van der Waals surface area contributed by atoms with E-state index in [1.54, 1.807) is 29.5 Å². The predicted molar refractivity (Wildman–Crippen MR) is 196 cm³/mol. The zero-order valence-corrected chi connectivity index (χ0v) is 31.2. The summed E-state index contributed by atoms with van der Waals surface area (Å²) in [6, 6.07) is 12.1. The number of carbonyl (C=O) groups excluding carboxylic acids is 2. The van der Waals surface area contributed by atoms with Crippen molar-refractivity contribution in [3.8, 4) is 17.2 Å². The molecule has 12 nitrogen and oxygen atoms in total. The van der Waals surface area contributed by atoms with Crippen molar-refractivity contribution >= 4 is 41.0 Å². The van der Waals surface area contributed by atoms with Crippen LogP contribution in [0.3, 0.4) is 0 Å². The fraction of sp³-hybridized carbons (Fsp3) is 0.474. The second-order valence-corrected chi connectivity index (χ2v) is 14.7. The van der Waals surface area contributed by atoms with Crippen LogP contribution in [0.4, 0.5) is 0 Å². The summed E-state index contributed by atoms with van der Waals surface area (Å²) < 4.78 is 16.5. The first kappa shape index (κ1) is 37.7. The van der Waals surface area contributed by atoms with Crippen molar-refractivity contribution < 1.29 is 33.7 Å². The van der Waals surface area contributed by atoms with Crippen LogP contribution in [0, 0.1) is 0 Å². The number of nitrogens with zero attached hydrogens (tertiary/aromatic N) is 4. The molecule has 2 aromatic carbocycles. The normalized spacial score (nSPS) is 21.9. The smallest absolute Gasteiger partial charge is 0.322 e. The van der Waals surface area contributed by atoms with Crippen LogP contribution >= 0.6 is 23.2 Å². The van der Waals surface area contributed by atoms with E-state index in [9.17, 15) is 19.5 Å². The van der Waals surface area contributed by atoms with E-state index in [1.807, 2.05) is 35.2 Å². The van der Waals surface area contributed by atoms with E-state index in [-0.39, 0.29) is 11.8 Å². The Morgan fingerprint density at radius 3 is 2.27 bits per heavy atom. The molecule has 6 rings (SSSR count). The number of methoxy groups -OCH3 is 3. The Kier molecular flexibility index (Phi) is 11.5. The van der Waals surface area contributed by atoms with Gasteiger partial charge in [0.25, 0.3) is 5.91 Å². The van der Waals surface area contributed by atoms with Crippen molar-refractivity contribution in [1.29, 1.82) is 0 Å². The van der Waals surface area contributed by atoms with Crippen LogP contribution in [0.1, 0.15) is 60.0 Å². The van der Waals surface area contributed by atoms with Crippen molar-refractivity contribution in [3.05, 3.63) is 81.6 Å². The predicted octanol–water partition coefficient (Wildman–Crippen LogP) is 5.20. The van der Waals surface area contributed by atoms with Gasteiger partial charge < -0.3 is 29.1 Å². The number of aromatic nitrogens is 1. The maximum absolute atomic E-state index is 14.1. The van der Waals surface area contributed by atoms with Gasteiger partial charge in [0.1, 0.15) is 6.04 Å². The maximum atomic E-state index is 14.1. The van der Waals surface area contributed by atoms with Crippen LogP contribution in [-0.2, 0) is 20.4 Å². The van der Waals surface area contributed by atoms with Crippen LogP contribution in [0.5, 0.6) is 17.2 Å². The Hall–Kier alpha value is -4.10. The molecule has 0 saturated carbocycles. The van der Waals surface area contributed by atoms with Crippen LogP contribution in [0.2, 0.25) is 10.0 Å². The number of likely N-dealkylation sites (tertiary alicyclic amines) is 2. The lowest BCUT2D eigenvalue weighted by Crippen LogP contribution is -2.57. The molecule has 2 unspecified atom stereocenters. The lowest BCUT2D eigenvalue weighted by molar-refractivity contribution is -0.145. The Labute approximate surface area is 313 Å². The van der Waals surface area contributed by atoms with Crippen LogP contribution in [-0.4, -0.2) is 109 Å². The summed E-state index contributed by atoms with van der Waals surface area (Å²) in [7, 11) is 4.56. The number of piperidine rings is 1. The zero-order chi connectivity index (χ0) is 37.0. The minimum Gasteiger partial charge on any atom is -0.493 e. The largest absolute Gasteiger partial charge is 0.493 e. The van der Waals surface area contributed by atoms with E-state index in [0.29, 0.717) is 91.3 Å². The molecule has 1 aromatic heterocycles. The first-order chi connectivity index (χ1) is 25.0. The van der Waals surface area contributed by atoms with Gasteiger partial charge in [0.2, 0.25) is 11.7 Å². The van der Waals surface area contributed by atoms with Crippen molar-refractivity contribution in [3.63, 3.8) is 0 Å². The molecule has 3 aromatic rings. The number of carbonyl (C=O) groups is 3. The zero-order valence-electron chi connectivity index (χ0n) is 29.7. The molecule has 0 aliphatic carbocycles. The third-order valence-electron chi connectivity index (χ3n) is 11.1. The highest BCUT2D eigenvalue weighted by molar-refractivity contribution is 6.42. The van der Waals surface area contributed by atoms with Crippen LogP contribution in [0.25, 0.3) is 0 Å². The molecule has 4 heterocycles. The lowest BCUT2D eigenvalue weighted by Gasteiger charge is -2.42. The first-order valence-corrected chi connectivity index (χ1v) is 18.3. The molecule has 3 aliphatic rings. The lowest BCUT2D eigenvalue weighted by atomic mass is 9.72. The van der Waals surface area contributed by atoms with Gasteiger partial charge in [-0.2, -0.15) is 0 Å². The molecular weight excluding hydrogens is 709 g/mol. The maximum Gasteiger partial charge on any atom is 0.322 e. The van der Waals surface area contributed by atoms with Gasteiger partial charge in [0, 0.05) is 43.0 Å². The molecule has 3 aliphatic heterocycles. The number of hydrazine groups is 1. The number of benzene rings is 2. The molecule has 2 N–H and O–H groups in total. The number of hydrogen-bond acceptors (Lipinski definition) is 9. The van der Waals surface area contributed by atoms with Crippen LogP contribution in [0.15, 0.2) is 54.9 Å².